The van der Waals surface area contributed by atoms with Crippen LogP contribution in [0.2, 0.25) is 0 Å². The average molecular weight is 448 g/mol. The topological polar surface area (TPSA) is 88.5 Å². The molecule has 0 aliphatic carbocycles. The Bertz CT molecular complexity index is 1090. The van der Waals surface area contributed by atoms with Gasteiger partial charge in [0.1, 0.15) is 11.5 Å². The molecule has 1 fully saturated rings. The number of amides is 2. The number of nitrogens with one attached hydrogen (secondary N) is 2. The Hall–Kier alpha value is -3.65. The molecule has 4 rings (SSSR count). The van der Waals surface area contributed by atoms with Gasteiger partial charge in [0.15, 0.2) is 0 Å². The fourth-order valence-corrected chi connectivity index (χ4v) is 3.90. The summed E-state index contributed by atoms with van der Waals surface area (Å²) in [6.45, 7) is 4.09. The number of carbonyl (C=O) groups is 2. The van der Waals surface area contributed by atoms with E-state index in [1.165, 1.54) is 0 Å². The highest BCUT2D eigenvalue weighted by atomic mass is 16.5. The molecule has 1 aromatic heterocycles. The molecule has 2 N–H and O–H groups in total. The number of hydrogen-bond donors (Lipinski definition) is 2. The Morgan fingerprint density at radius 1 is 1.15 bits per heavy atom. The maximum atomic E-state index is 12.6. The SMILES string of the molecule is Cc1cc(CNC(=O)CC2C(=O)NCCN2Cc2cccc(Oc3ccccc3)c2)nn1C. The van der Waals surface area contributed by atoms with Crippen molar-refractivity contribution in [1.29, 1.82) is 0 Å². The Balaban J connectivity index is 1.38. The number of nitrogens with zero attached hydrogens (tertiary/aromatic N) is 3. The van der Waals surface area contributed by atoms with Crippen LogP contribution in [-0.4, -0.2) is 45.6 Å². The van der Waals surface area contributed by atoms with E-state index in [1.807, 2.05) is 79.5 Å². The second-order valence-corrected chi connectivity index (χ2v) is 8.22. The van der Waals surface area contributed by atoms with Gasteiger partial charge in [0.25, 0.3) is 0 Å². The fourth-order valence-electron chi connectivity index (χ4n) is 3.90. The number of aryl methyl sites for hydroxylation is 2. The monoisotopic (exact) mass is 447 g/mol. The zero-order valence-electron chi connectivity index (χ0n) is 19.0. The first-order chi connectivity index (χ1) is 16.0. The number of ether oxygens (including phenoxy) is 1. The van der Waals surface area contributed by atoms with E-state index in [9.17, 15) is 9.59 Å². The highest BCUT2D eigenvalue weighted by Crippen LogP contribution is 2.23. The van der Waals surface area contributed by atoms with Crippen molar-refractivity contribution in [2.75, 3.05) is 13.1 Å². The lowest BCUT2D eigenvalue weighted by molar-refractivity contribution is -0.134. The first kappa shape index (κ1) is 22.5. The minimum Gasteiger partial charge on any atom is -0.457 e. The molecule has 0 radical (unpaired) electrons. The Labute approximate surface area is 193 Å². The number of para-hydroxylation sites is 1. The summed E-state index contributed by atoms with van der Waals surface area (Å²) in [5.41, 5.74) is 2.84. The van der Waals surface area contributed by atoms with E-state index in [2.05, 4.69) is 15.7 Å². The molecule has 0 bridgehead atoms. The number of hydrogen-bond acceptors (Lipinski definition) is 5. The van der Waals surface area contributed by atoms with Gasteiger partial charge in [-0.2, -0.15) is 5.10 Å². The third-order valence-electron chi connectivity index (χ3n) is 5.71. The van der Waals surface area contributed by atoms with Gasteiger partial charge in [0.2, 0.25) is 11.8 Å². The van der Waals surface area contributed by atoms with E-state index in [0.717, 1.165) is 28.5 Å². The van der Waals surface area contributed by atoms with Gasteiger partial charge in [-0.25, -0.2) is 0 Å². The van der Waals surface area contributed by atoms with Crippen molar-refractivity contribution in [2.45, 2.75) is 32.5 Å². The first-order valence-electron chi connectivity index (χ1n) is 11.1. The van der Waals surface area contributed by atoms with Crippen molar-refractivity contribution >= 4 is 11.8 Å². The zero-order valence-corrected chi connectivity index (χ0v) is 19.0. The summed E-state index contributed by atoms with van der Waals surface area (Å²) in [5, 5.41) is 10.1. The number of piperazine rings is 1. The van der Waals surface area contributed by atoms with E-state index in [0.29, 0.717) is 26.2 Å². The molecule has 1 unspecified atom stereocenters. The molecule has 1 saturated heterocycles. The van der Waals surface area contributed by atoms with Crippen molar-refractivity contribution in [3.63, 3.8) is 0 Å². The molecular weight excluding hydrogens is 418 g/mol. The van der Waals surface area contributed by atoms with Crippen LogP contribution in [0.4, 0.5) is 0 Å². The third-order valence-corrected chi connectivity index (χ3v) is 5.71. The van der Waals surface area contributed by atoms with Gasteiger partial charge >= 0.3 is 0 Å². The molecule has 0 spiro atoms. The second-order valence-electron chi connectivity index (χ2n) is 8.22. The van der Waals surface area contributed by atoms with Crippen molar-refractivity contribution in [3.05, 3.63) is 77.6 Å². The molecule has 2 amide bonds. The number of rotatable bonds is 8. The van der Waals surface area contributed by atoms with Gasteiger partial charge < -0.3 is 15.4 Å². The van der Waals surface area contributed by atoms with E-state index < -0.39 is 6.04 Å². The smallest absolute Gasteiger partial charge is 0.237 e. The molecule has 0 saturated carbocycles. The summed E-state index contributed by atoms with van der Waals surface area (Å²) < 4.78 is 7.71. The Morgan fingerprint density at radius 3 is 2.70 bits per heavy atom. The quantitative estimate of drug-likeness (QED) is 0.554. The molecule has 1 aliphatic rings. The molecule has 2 heterocycles. The number of benzene rings is 2. The predicted octanol–water partition coefficient (Wildman–Crippen LogP) is 2.53. The highest BCUT2D eigenvalue weighted by molar-refractivity contribution is 5.88. The molecule has 172 valence electrons. The van der Waals surface area contributed by atoms with Gasteiger partial charge in [0, 0.05) is 32.4 Å². The van der Waals surface area contributed by atoms with Gasteiger partial charge in [-0.15, -0.1) is 0 Å². The highest BCUT2D eigenvalue weighted by Gasteiger charge is 2.31. The Kier molecular flexibility index (Phi) is 7.04. The second kappa shape index (κ2) is 10.3. The summed E-state index contributed by atoms with van der Waals surface area (Å²) in [7, 11) is 1.87. The van der Waals surface area contributed by atoms with Crippen LogP contribution >= 0.6 is 0 Å². The lowest BCUT2D eigenvalue weighted by Gasteiger charge is -2.34. The maximum Gasteiger partial charge on any atom is 0.237 e. The van der Waals surface area contributed by atoms with E-state index in [-0.39, 0.29) is 18.2 Å². The van der Waals surface area contributed by atoms with Crippen LogP contribution in [0, 0.1) is 6.92 Å². The largest absolute Gasteiger partial charge is 0.457 e. The van der Waals surface area contributed by atoms with Gasteiger partial charge in [-0.1, -0.05) is 30.3 Å². The maximum absolute atomic E-state index is 12.6. The van der Waals surface area contributed by atoms with Crippen LogP contribution < -0.4 is 15.4 Å². The molecule has 1 atom stereocenters. The summed E-state index contributed by atoms with van der Waals surface area (Å²) in [4.78, 5) is 27.2. The molecule has 3 aromatic rings. The first-order valence-corrected chi connectivity index (χ1v) is 11.1. The van der Waals surface area contributed by atoms with Crippen LogP contribution in [0.25, 0.3) is 0 Å². The average Bonchev–Trinajstić information content (AvgIpc) is 3.13. The van der Waals surface area contributed by atoms with Gasteiger partial charge in [-0.3, -0.25) is 19.2 Å². The normalized spacial score (nSPS) is 16.3. The van der Waals surface area contributed by atoms with Gasteiger partial charge in [-0.05, 0) is 42.8 Å². The fraction of sp³-hybridized carbons (Fsp3) is 0.320. The lowest BCUT2D eigenvalue weighted by Crippen LogP contribution is -2.56. The Morgan fingerprint density at radius 2 is 1.94 bits per heavy atom. The minimum absolute atomic E-state index is 0.0951. The molecule has 8 nitrogen and oxygen atoms in total. The molecular formula is C25H29N5O3. The molecule has 1 aliphatic heterocycles. The van der Waals surface area contributed by atoms with Crippen LogP contribution in [0.15, 0.2) is 60.7 Å². The number of carbonyl (C=O) groups excluding carboxylic acids is 2. The van der Waals surface area contributed by atoms with Crippen LogP contribution in [0.5, 0.6) is 11.5 Å². The van der Waals surface area contributed by atoms with Crippen molar-refractivity contribution in [3.8, 4) is 11.5 Å². The van der Waals surface area contributed by atoms with E-state index in [1.54, 1.807) is 4.68 Å². The summed E-state index contributed by atoms with van der Waals surface area (Å²) in [6.07, 6.45) is 0.0951. The molecule has 33 heavy (non-hydrogen) atoms. The zero-order chi connectivity index (χ0) is 23.2. The van der Waals surface area contributed by atoms with E-state index in [4.69, 9.17) is 4.74 Å². The molecule has 2 aromatic carbocycles. The van der Waals surface area contributed by atoms with Crippen molar-refractivity contribution in [2.24, 2.45) is 7.05 Å². The van der Waals surface area contributed by atoms with Crippen molar-refractivity contribution < 1.29 is 14.3 Å². The van der Waals surface area contributed by atoms with Gasteiger partial charge in [0.05, 0.1) is 24.7 Å². The van der Waals surface area contributed by atoms with Crippen LogP contribution in [-0.2, 0) is 29.7 Å². The third kappa shape index (κ3) is 5.98. The number of aromatic nitrogens is 2. The lowest BCUT2D eigenvalue weighted by atomic mass is 10.1. The summed E-state index contributed by atoms with van der Waals surface area (Å²) in [6, 6.07) is 18.8. The standard InChI is InChI=1S/C25H29N5O3/c1-18-13-20(28-29(18)2)16-27-24(31)15-23-25(32)26-11-12-30(23)17-19-7-6-10-22(14-19)33-21-8-4-3-5-9-21/h3-10,13-14,23H,11-12,15-17H2,1-2H3,(H,26,32)(H,27,31). The predicted molar refractivity (Wildman–Crippen MR) is 125 cm³/mol. The van der Waals surface area contributed by atoms with Crippen LogP contribution in [0.3, 0.4) is 0 Å². The van der Waals surface area contributed by atoms with Crippen LogP contribution in [0.1, 0.15) is 23.4 Å². The molecule has 8 heteroatoms. The summed E-state index contributed by atoms with van der Waals surface area (Å²) >= 11 is 0. The van der Waals surface area contributed by atoms with Crippen molar-refractivity contribution in [1.82, 2.24) is 25.3 Å². The minimum atomic E-state index is -0.525. The van der Waals surface area contributed by atoms with E-state index >= 15 is 0 Å². The summed E-state index contributed by atoms with van der Waals surface area (Å²) in [5.74, 6) is 1.21.